The standard InChI is InChI=1S/C44H76N2O27/c1-4-17-34-24(52)30(58)41(62-17)70-36-21(12-48)66-43(31(59)26(36)54)72-38-23(14-50)68-44(33(61)28(38)56)73-37-22(13-49)67-42(32(60)27(37)55)71-35-20(11-47)65-40(29(57)25(35)53)63-18-9-16(51)39(69-34)64-19(18)10-45-5-7-46(8-6-45)15(2)3/h15-44,47-61H,4-14H2,1-3H3. The molecule has 424 valence electrons. The van der Waals surface area contributed by atoms with Crippen LogP contribution in [0.3, 0.4) is 0 Å². The van der Waals surface area contributed by atoms with Crippen molar-refractivity contribution in [3.8, 4) is 0 Å². The zero-order valence-electron chi connectivity index (χ0n) is 40.6. The van der Waals surface area contributed by atoms with Crippen molar-refractivity contribution in [3.63, 3.8) is 0 Å². The van der Waals surface area contributed by atoms with Crippen LogP contribution in [0.2, 0.25) is 0 Å². The van der Waals surface area contributed by atoms with Gasteiger partial charge in [-0.1, -0.05) is 6.92 Å². The predicted molar refractivity (Wildman–Crippen MR) is 234 cm³/mol. The van der Waals surface area contributed by atoms with Crippen LogP contribution in [0.15, 0.2) is 0 Å². The van der Waals surface area contributed by atoms with E-state index >= 15 is 0 Å². The summed E-state index contributed by atoms with van der Waals surface area (Å²) in [7, 11) is 0. The van der Waals surface area contributed by atoms with Crippen LogP contribution in [0.5, 0.6) is 0 Å². The molecule has 15 N–H and O–H groups in total. The third-order valence-electron chi connectivity index (χ3n) is 15.2. The second-order valence-corrected chi connectivity index (χ2v) is 20.2. The molecule has 0 aliphatic carbocycles. The minimum Gasteiger partial charge on any atom is -0.394 e. The molecule has 23 saturated heterocycles. The molecule has 0 saturated carbocycles. The smallest absolute Gasteiger partial charge is 0.187 e. The molecule has 12 bridgehead atoms. The lowest BCUT2D eigenvalue weighted by atomic mass is 9.94. The number of piperazine rings is 1. The number of rotatable bonds is 8. The first kappa shape index (κ1) is 58.0. The van der Waals surface area contributed by atoms with Crippen molar-refractivity contribution >= 4 is 0 Å². The van der Waals surface area contributed by atoms with Gasteiger partial charge in [0, 0.05) is 45.2 Å². The summed E-state index contributed by atoms with van der Waals surface area (Å²) >= 11 is 0. The van der Waals surface area contributed by atoms with Gasteiger partial charge in [0.25, 0.3) is 0 Å². The normalized spacial score (nSPS) is 52.1. The van der Waals surface area contributed by atoms with Gasteiger partial charge in [-0.15, -0.1) is 0 Å². The summed E-state index contributed by atoms with van der Waals surface area (Å²) < 4.78 is 71.6. The molecule has 29 atom stereocenters. The summed E-state index contributed by atoms with van der Waals surface area (Å²) in [6.07, 6.45) is -50.2. The third-order valence-corrected chi connectivity index (χ3v) is 15.2. The zero-order valence-corrected chi connectivity index (χ0v) is 40.6. The van der Waals surface area contributed by atoms with Crippen LogP contribution in [-0.2, 0) is 56.8 Å². The molecule has 0 aromatic heterocycles. The number of nitrogens with zero attached hydrogens (tertiary/aromatic N) is 2. The summed E-state index contributed by atoms with van der Waals surface area (Å²) in [6, 6.07) is 0.286. The number of aliphatic hydroxyl groups excluding tert-OH is 15. The van der Waals surface area contributed by atoms with Crippen LogP contribution in [-0.4, -0.2) is 330 Å². The molecule has 0 aromatic carbocycles. The van der Waals surface area contributed by atoms with Crippen molar-refractivity contribution in [1.82, 2.24) is 9.80 Å². The topological polar surface area (TPSA) is 421 Å². The zero-order chi connectivity index (χ0) is 52.7. The average Bonchev–Trinajstić information content (AvgIpc) is 3.38. The van der Waals surface area contributed by atoms with Crippen molar-refractivity contribution in [3.05, 3.63) is 0 Å². The molecular weight excluding hydrogens is 988 g/mol. The van der Waals surface area contributed by atoms with Gasteiger partial charge in [0.1, 0.15) is 122 Å². The molecule has 29 nitrogen and oxygen atoms in total. The van der Waals surface area contributed by atoms with E-state index < -0.39 is 205 Å². The van der Waals surface area contributed by atoms with Crippen molar-refractivity contribution in [2.24, 2.45) is 0 Å². The first-order valence-electron chi connectivity index (χ1n) is 25.1. The van der Waals surface area contributed by atoms with Crippen LogP contribution in [0.4, 0.5) is 0 Å². The predicted octanol–water partition coefficient (Wildman–Crippen LogP) is -9.57. The Hall–Kier alpha value is -1.16. The third kappa shape index (κ3) is 12.1. The van der Waals surface area contributed by atoms with E-state index in [1.54, 1.807) is 6.92 Å². The Balaban J connectivity index is 1.09. The van der Waals surface area contributed by atoms with E-state index in [0.29, 0.717) is 26.2 Å². The molecule has 23 heterocycles. The molecule has 29 heteroatoms. The van der Waals surface area contributed by atoms with E-state index in [9.17, 15) is 76.6 Å². The Morgan fingerprint density at radius 1 is 0.370 bits per heavy atom. The van der Waals surface area contributed by atoms with Gasteiger partial charge in [0.2, 0.25) is 0 Å². The Bertz CT molecular complexity index is 1700. The lowest BCUT2D eigenvalue weighted by Crippen LogP contribution is -2.68. The number of aliphatic hydroxyl groups is 15. The summed E-state index contributed by atoms with van der Waals surface area (Å²) in [5, 5.41) is 167. The minimum absolute atomic E-state index is 0.110. The Morgan fingerprint density at radius 3 is 1.00 bits per heavy atom. The van der Waals surface area contributed by atoms with Crippen LogP contribution in [0.1, 0.15) is 33.6 Å². The van der Waals surface area contributed by atoms with Crippen LogP contribution < -0.4 is 0 Å². The highest BCUT2D eigenvalue weighted by molar-refractivity contribution is 5.00. The summed E-state index contributed by atoms with van der Waals surface area (Å²) in [5.41, 5.74) is 0. The molecule has 23 aliphatic rings. The number of ether oxygens (including phenoxy) is 12. The van der Waals surface area contributed by atoms with Gasteiger partial charge in [-0.2, -0.15) is 0 Å². The van der Waals surface area contributed by atoms with E-state index in [4.69, 9.17) is 56.8 Å². The highest BCUT2D eigenvalue weighted by Crippen LogP contribution is 2.38. The second-order valence-electron chi connectivity index (χ2n) is 20.2. The van der Waals surface area contributed by atoms with Gasteiger partial charge < -0.3 is 133 Å². The van der Waals surface area contributed by atoms with Crippen molar-refractivity contribution in [2.75, 3.05) is 59.2 Å². The molecule has 29 unspecified atom stereocenters. The van der Waals surface area contributed by atoms with Gasteiger partial charge in [0.15, 0.2) is 37.7 Å². The molecule has 73 heavy (non-hydrogen) atoms. The molecule has 0 spiro atoms. The van der Waals surface area contributed by atoms with Gasteiger partial charge in [-0.25, -0.2) is 0 Å². The largest absolute Gasteiger partial charge is 0.394 e. The Labute approximate surface area is 419 Å². The minimum atomic E-state index is -2.10. The monoisotopic (exact) mass is 1060 g/mol. The highest BCUT2D eigenvalue weighted by Gasteiger charge is 2.58. The maximum atomic E-state index is 11.6. The number of hydrogen-bond donors (Lipinski definition) is 15. The molecule has 0 aromatic rings. The van der Waals surface area contributed by atoms with Gasteiger partial charge in [-0.3, -0.25) is 9.80 Å². The first-order chi connectivity index (χ1) is 34.8. The van der Waals surface area contributed by atoms with Gasteiger partial charge in [-0.05, 0) is 20.3 Å². The highest BCUT2D eigenvalue weighted by atomic mass is 16.8. The fraction of sp³-hybridized carbons (Fsp3) is 1.00. The molecule has 23 rings (SSSR count). The van der Waals surface area contributed by atoms with Crippen LogP contribution in [0.25, 0.3) is 0 Å². The van der Waals surface area contributed by atoms with E-state index in [1.807, 2.05) is 0 Å². The van der Waals surface area contributed by atoms with E-state index in [2.05, 4.69) is 23.6 Å². The number of hydrogen-bond acceptors (Lipinski definition) is 29. The van der Waals surface area contributed by atoms with Crippen molar-refractivity contribution < 1.29 is 133 Å². The summed E-state index contributed by atoms with van der Waals surface area (Å²) in [4.78, 5) is 4.38. The molecule has 23 fully saturated rings. The van der Waals surface area contributed by atoms with E-state index in [-0.39, 0.29) is 25.4 Å². The van der Waals surface area contributed by atoms with Crippen LogP contribution in [0, 0.1) is 0 Å². The van der Waals surface area contributed by atoms with Crippen molar-refractivity contribution in [1.29, 1.82) is 0 Å². The van der Waals surface area contributed by atoms with E-state index in [1.165, 1.54) is 0 Å². The second kappa shape index (κ2) is 24.9. The van der Waals surface area contributed by atoms with Gasteiger partial charge >= 0.3 is 0 Å². The SMILES string of the molecule is CCC1OC2OC3C(CO)OC(OC4C(CO)OC(OC5C(CO)OC(OC6C(CO)OC(OC7CC(O)C(OC7CN7CCN(C(C)C)CC7)OC1C(O)C2O)C(O)C6O)C(O)C5O)C(O)C4O)C(O)C3O. The maximum absolute atomic E-state index is 11.6. The maximum Gasteiger partial charge on any atom is 0.187 e. The van der Waals surface area contributed by atoms with Gasteiger partial charge in [0.05, 0.1) is 44.7 Å². The van der Waals surface area contributed by atoms with Crippen LogP contribution >= 0.6 is 0 Å². The molecular formula is C44H76N2O27. The Kier molecular flexibility index (Phi) is 19.8. The molecule has 23 aliphatic heterocycles. The molecule has 0 amide bonds. The van der Waals surface area contributed by atoms with E-state index in [0.717, 1.165) is 0 Å². The first-order valence-corrected chi connectivity index (χ1v) is 25.1. The summed E-state index contributed by atoms with van der Waals surface area (Å²) in [6.45, 7) is 4.97. The fourth-order valence-corrected chi connectivity index (χ4v) is 10.8. The van der Waals surface area contributed by atoms with Crippen molar-refractivity contribution in [2.45, 2.75) is 218 Å². The quantitative estimate of drug-likeness (QED) is 0.107. The summed E-state index contributed by atoms with van der Waals surface area (Å²) in [5.74, 6) is 0. The average molecular weight is 1070 g/mol. The lowest BCUT2D eigenvalue weighted by molar-refractivity contribution is -0.399. The fourth-order valence-electron chi connectivity index (χ4n) is 10.8. The Morgan fingerprint density at radius 2 is 0.671 bits per heavy atom. The molecule has 0 radical (unpaired) electrons. The lowest BCUT2D eigenvalue weighted by Gasteiger charge is -2.50.